The zero-order valence-corrected chi connectivity index (χ0v) is 27.8. The number of allylic oxidation sites excluding steroid dienone is 4. The molecule has 0 fully saturated rings. The second-order valence-electron chi connectivity index (χ2n) is 10.7. The van der Waals surface area contributed by atoms with Crippen molar-refractivity contribution in [1.82, 2.24) is 10.2 Å². The van der Waals surface area contributed by atoms with Crippen LogP contribution in [0.5, 0.6) is 0 Å². The van der Waals surface area contributed by atoms with Crippen molar-refractivity contribution < 1.29 is 28.6 Å². The van der Waals surface area contributed by atoms with Gasteiger partial charge in [0.1, 0.15) is 17.1 Å². The molecule has 2 heterocycles. The van der Waals surface area contributed by atoms with Crippen molar-refractivity contribution in [2.75, 3.05) is 5.75 Å². The molecule has 51 heavy (non-hydrogen) atoms. The van der Waals surface area contributed by atoms with Crippen molar-refractivity contribution in [2.45, 2.75) is 13.0 Å². The van der Waals surface area contributed by atoms with Gasteiger partial charge in [0, 0.05) is 11.8 Å². The van der Waals surface area contributed by atoms with Crippen LogP contribution in [0, 0.1) is 20.2 Å². The molecule has 0 aliphatic carbocycles. The number of benzene rings is 3. The first kappa shape index (κ1) is 35.6. The highest BCUT2D eigenvalue weighted by atomic mass is 32.2. The topological polar surface area (TPSA) is 178 Å². The van der Waals surface area contributed by atoms with E-state index in [9.17, 15) is 34.6 Å². The lowest BCUT2D eigenvalue weighted by molar-refractivity contribution is -0.393. The number of aliphatic imine (C=N–C) groups is 1. The first-order valence-corrected chi connectivity index (χ1v) is 16.3. The van der Waals surface area contributed by atoms with Crippen molar-refractivity contribution in [2.24, 2.45) is 4.99 Å². The SMILES string of the molecule is C=C/C=C\C(=C/C)N1C(=O)/C(=C/c2ccc(-c3ccc([N+](=O)[O-])cc3[N+](=O)[O-])o2)C(=O)N=C1SCC(=O)NC(c1ccccc1)c1ccccc1. The van der Waals surface area contributed by atoms with Gasteiger partial charge in [-0.25, -0.2) is 0 Å². The lowest BCUT2D eigenvalue weighted by Gasteiger charge is -2.28. The number of nitrogens with one attached hydrogen (secondary N) is 1. The van der Waals surface area contributed by atoms with Crippen LogP contribution in [0.15, 0.2) is 143 Å². The Hall–Kier alpha value is -6.67. The number of furan rings is 1. The molecule has 0 atom stereocenters. The van der Waals surface area contributed by atoms with Gasteiger partial charge in [0.25, 0.3) is 23.2 Å². The fraction of sp³-hybridized carbons (Fsp3) is 0.0811. The molecular formula is C37H29N5O8S. The summed E-state index contributed by atoms with van der Waals surface area (Å²) in [5, 5.41) is 25.8. The van der Waals surface area contributed by atoms with Gasteiger partial charge in [0.2, 0.25) is 5.91 Å². The summed E-state index contributed by atoms with van der Waals surface area (Å²) in [5.41, 5.74) is 0.637. The van der Waals surface area contributed by atoms with Crippen molar-refractivity contribution in [3.05, 3.63) is 170 Å². The van der Waals surface area contributed by atoms with Crippen molar-refractivity contribution in [1.29, 1.82) is 0 Å². The van der Waals surface area contributed by atoms with Crippen LogP contribution in [-0.4, -0.2) is 43.4 Å². The normalized spacial score (nSPS) is 14.2. The number of carbonyl (C=O) groups is 3. The van der Waals surface area contributed by atoms with Crippen molar-refractivity contribution in [3.63, 3.8) is 0 Å². The van der Waals surface area contributed by atoms with E-state index in [1.807, 2.05) is 60.7 Å². The van der Waals surface area contributed by atoms with Gasteiger partial charge in [-0.05, 0) is 48.4 Å². The summed E-state index contributed by atoms with van der Waals surface area (Å²) < 4.78 is 5.74. The first-order chi connectivity index (χ1) is 24.6. The number of hydrogen-bond donors (Lipinski definition) is 1. The van der Waals surface area contributed by atoms with Crippen molar-refractivity contribution >= 4 is 52.1 Å². The summed E-state index contributed by atoms with van der Waals surface area (Å²) in [6.07, 6.45) is 7.48. The fourth-order valence-corrected chi connectivity index (χ4v) is 5.91. The highest BCUT2D eigenvalue weighted by Crippen LogP contribution is 2.35. The lowest BCUT2D eigenvalue weighted by atomic mass is 9.99. The molecule has 0 saturated carbocycles. The second kappa shape index (κ2) is 16.2. The molecule has 0 saturated heterocycles. The largest absolute Gasteiger partial charge is 0.456 e. The van der Waals surface area contributed by atoms with Gasteiger partial charge in [-0.1, -0.05) is 97.2 Å². The zero-order chi connectivity index (χ0) is 36.5. The highest BCUT2D eigenvalue weighted by molar-refractivity contribution is 8.14. The first-order valence-electron chi connectivity index (χ1n) is 15.3. The van der Waals surface area contributed by atoms with E-state index in [4.69, 9.17) is 4.42 Å². The smallest absolute Gasteiger partial charge is 0.287 e. The molecule has 5 rings (SSSR count). The minimum atomic E-state index is -0.895. The molecule has 13 nitrogen and oxygen atoms in total. The van der Waals surface area contributed by atoms with Gasteiger partial charge in [-0.15, -0.1) is 0 Å². The molecule has 4 aromatic rings. The van der Waals surface area contributed by atoms with Crippen LogP contribution in [0.25, 0.3) is 17.4 Å². The van der Waals surface area contributed by atoms with E-state index in [0.29, 0.717) is 5.70 Å². The van der Waals surface area contributed by atoms with E-state index < -0.39 is 39.1 Å². The van der Waals surface area contributed by atoms with E-state index in [2.05, 4.69) is 16.9 Å². The summed E-state index contributed by atoms with van der Waals surface area (Å²) >= 11 is 0.907. The molecule has 1 aromatic heterocycles. The Morgan fingerprint density at radius 2 is 1.65 bits per heavy atom. The summed E-state index contributed by atoms with van der Waals surface area (Å²) in [6.45, 7) is 5.35. The van der Waals surface area contributed by atoms with E-state index in [1.165, 1.54) is 29.2 Å². The molecule has 3 aromatic carbocycles. The van der Waals surface area contributed by atoms with Crippen molar-refractivity contribution in [3.8, 4) is 11.3 Å². The second-order valence-corrected chi connectivity index (χ2v) is 11.7. The van der Waals surface area contributed by atoms with Crippen LogP contribution in [-0.2, 0) is 14.4 Å². The summed E-state index contributed by atoms with van der Waals surface area (Å²) in [7, 11) is 0. The number of amidine groups is 1. The Morgan fingerprint density at radius 1 is 0.980 bits per heavy atom. The molecule has 0 radical (unpaired) electrons. The maximum atomic E-state index is 14.0. The van der Waals surface area contributed by atoms with E-state index in [0.717, 1.165) is 41.1 Å². The average molecular weight is 704 g/mol. The Bertz CT molecular complexity index is 2100. The predicted molar refractivity (Wildman–Crippen MR) is 193 cm³/mol. The number of nitrogens with zero attached hydrogens (tertiary/aromatic N) is 4. The molecule has 0 bridgehead atoms. The van der Waals surface area contributed by atoms with Crippen LogP contribution >= 0.6 is 11.8 Å². The minimum Gasteiger partial charge on any atom is -0.456 e. The van der Waals surface area contributed by atoms with Gasteiger partial charge in [-0.3, -0.25) is 39.5 Å². The lowest BCUT2D eigenvalue weighted by Crippen LogP contribution is -2.42. The summed E-state index contributed by atoms with van der Waals surface area (Å²) in [6, 6.07) is 24.3. The predicted octanol–water partition coefficient (Wildman–Crippen LogP) is 7.16. The highest BCUT2D eigenvalue weighted by Gasteiger charge is 2.35. The summed E-state index contributed by atoms with van der Waals surface area (Å²) in [4.78, 5) is 67.3. The van der Waals surface area contributed by atoms with Crippen LogP contribution in [0.2, 0.25) is 0 Å². The monoisotopic (exact) mass is 703 g/mol. The number of non-ortho nitro benzene ring substituents is 1. The number of nitro benzene ring substituents is 2. The Kier molecular flexibility index (Phi) is 11.3. The van der Waals surface area contributed by atoms with E-state index in [1.54, 1.807) is 25.2 Å². The third-order valence-corrected chi connectivity index (χ3v) is 8.42. The molecule has 3 amide bonds. The molecule has 1 N–H and O–H groups in total. The maximum absolute atomic E-state index is 14.0. The van der Waals surface area contributed by atoms with Crippen LogP contribution in [0.1, 0.15) is 29.9 Å². The number of carbonyl (C=O) groups excluding carboxylic acids is 3. The van der Waals surface area contributed by atoms with Gasteiger partial charge in [-0.2, -0.15) is 4.99 Å². The molecule has 0 unspecified atom stereocenters. The number of amides is 3. The van der Waals surface area contributed by atoms with Gasteiger partial charge in [0.05, 0.1) is 33.3 Å². The maximum Gasteiger partial charge on any atom is 0.287 e. The average Bonchev–Trinajstić information content (AvgIpc) is 3.61. The van der Waals surface area contributed by atoms with E-state index in [-0.39, 0.29) is 39.5 Å². The number of thioether (sulfide) groups is 1. The third-order valence-electron chi connectivity index (χ3n) is 7.48. The standard InChI is InChI=1S/C37H29N5O8S/c1-3-5-16-26(4-2)40-36(45)30(22-28-18-20-32(50-28)29-19-17-27(41(46)47)21-31(29)42(48)49)35(44)39-37(40)51-23-33(43)38-34(24-12-8-6-9-13-24)25-14-10-7-11-15-25/h3-22,34H,1,23H2,2H3,(H,38,43)/b16-5-,26-4+,30-22+. The number of hydrogen-bond acceptors (Lipinski definition) is 9. The zero-order valence-electron chi connectivity index (χ0n) is 27.0. The number of rotatable bonds is 12. The molecule has 0 spiro atoms. The van der Waals surface area contributed by atoms with Crippen LogP contribution in [0.3, 0.4) is 0 Å². The van der Waals surface area contributed by atoms with Crippen LogP contribution < -0.4 is 5.32 Å². The Labute approximate surface area is 295 Å². The van der Waals surface area contributed by atoms with Gasteiger partial charge < -0.3 is 9.73 Å². The van der Waals surface area contributed by atoms with Crippen LogP contribution in [0.4, 0.5) is 11.4 Å². The minimum absolute atomic E-state index is 0.00323. The van der Waals surface area contributed by atoms with E-state index >= 15 is 0 Å². The fourth-order valence-electron chi connectivity index (χ4n) is 5.10. The molecular weight excluding hydrogens is 675 g/mol. The van der Waals surface area contributed by atoms with Gasteiger partial charge in [0.15, 0.2) is 5.17 Å². The third kappa shape index (κ3) is 8.32. The Morgan fingerprint density at radius 3 is 2.24 bits per heavy atom. The van der Waals surface area contributed by atoms with Gasteiger partial charge >= 0.3 is 0 Å². The molecule has 1 aliphatic rings. The molecule has 256 valence electrons. The molecule has 1 aliphatic heterocycles. The molecule has 14 heteroatoms. The Balaban J connectivity index is 1.43. The number of nitro groups is 2. The quantitative estimate of drug-likeness (QED) is 0.0527. The summed E-state index contributed by atoms with van der Waals surface area (Å²) in [5.74, 6) is -2.22.